The van der Waals surface area contributed by atoms with E-state index in [0.29, 0.717) is 17.6 Å². The summed E-state index contributed by atoms with van der Waals surface area (Å²) in [5.74, 6) is 0. The highest BCUT2D eigenvalue weighted by Gasteiger charge is 2.05. The quantitative estimate of drug-likeness (QED) is 0.786. The highest BCUT2D eigenvalue weighted by atomic mass is 35.5. The molecule has 0 radical (unpaired) electrons. The van der Waals surface area contributed by atoms with Gasteiger partial charge in [-0.15, -0.1) is 0 Å². The van der Waals surface area contributed by atoms with Gasteiger partial charge in [-0.25, -0.2) is 0 Å². The Balaban J connectivity index is 2.43. The lowest BCUT2D eigenvalue weighted by Gasteiger charge is -2.11. The van der Waals surface area contributed by atoms with Crippen molar-refractivity contribution in [3.8, 4) is 0 Å². The number of halogens is 1. The van der Waals surface area contributed by atoms with E-state index in [1.54, 1.807) is 12.1 Å². The summed E-state index contributed by atoms with van der Waals surface area (Å²) >= 11 is 5.75. The van der Waals surface area contributed by atoms with Gasteiger partial charge in [0, 0.05) is 17.2 Å². The van der Waals surface area contributed by atoms with Gasteiger partial charge in [0.2, 0.25) is 0 Å². The first-order valence-corrected chi connectivity index (χ1v) is 6.76. The van der Waals surface area contributed by atoms with Gasteiger partial charge in [-0.1, -0.05) is 23.7 Å². The lowest BCUT2D eigenvalue weighted by Crippen LogP contribution is -2.10. The van der Waals surface area contributed by atoms with E-state index in [4.69, 9.17) is 22.2 Å². The molecule has 1 rings (SSSR count). The van der Waals surface area contributed by atoms with Gasteiger partial charge in [-0.05, 0) is 30.5 Å². The van der Waals surface area contributed by atoms with Crippen LogP contribution in [0.15, 0.2) is 24.3 Å². The van der Waals surface area contributed by atoms with Gasteiger partial charge in [0.1, 0.15) is 0 Å². The van der Waals surface area contributed by atoms with Gasteiger partial charge in [-0.2, -0.15) is 0 Å². The average Bonchev–Trinajstić information content (AvgIpc) is 2.18. The second-order valence-electron chi connectivity index (χ2n) is 3.44. The zero-order valence-corrected chi connectivity index (χ0v) is 10.1. The molecule has 3 nitrogen and oxygen atoms in total. The first-order chi connectivity index (χ1) is 7.09. The molecule has 2 atom stereocenters. The van der Waals surface area contributed by atoms with Crippen molar-refractivity contribution in [2.75, 3.05) is 6.16 Å². The fourth-order valence-corrected chi connectivity index (χ4v) is 1.98. The molecule has 0 aliphatic rings. The molecule has 0 aromatic heterocycles. The van der Waals surface area contributed by atoms with Gasteiger partial charge in [0.25, 0.3) is 0 Å². The molecule has 0 fully saturated rings. The molecule has 5 heteroatoms. The summed E-state index contributed by atoms with van der Waals surface area (Å²) in [7, 11) is -2.34. The van der Waals surface area contributed by atoms with Crippen molar-refractivity contribution in [2.24, 2.45) is 5.73 Å². The molecule has 0 aliphatic carbocycles. The van der Waals surface area contributed by atoms with Crippen LogP contribution in [0.4, 0.5) is 0 Å². The van der Waals surface area contributed by atoms with Crippen LogP contribution in [-0.4, -0.2) is 11.1 Å². The second-order valence-corrected chi connectivity index (χ2v) is 5.17. The van der Waals surface area contributed by atoms with Crippen LogP contribution in [-0.2, 0) is 4.57 Å². The highest BCUT2D eigenvalue weighted by Crippen LogP contribution is 2.21. The molecule has 0 bridgehead atoms. The number of hydrogen-bond donors (Lipinski definition) is 2. The Morgan fingerprint density at radius 3 is 2.53 bits per heavy atom. The van der Waals surface area contributed by atoms with Gasteiger partial charge in [-0.3, -0.25) is 4.57 Å². The topological polar surface area (TPSA) is 63.3 Å². The standard InChI is InChI=1S/C10H15ClNO2P/c11-9-5-3-8(4-6-9)10(12)2-1-7-15(13)14/h3-6,10,15H,1-2,7,12H2,(H,13,14). The first-order valence-electron chi connectivity index (χ1n) is 4.82. The Hall–Kier alpha value is -0.340. The van der Waals surface area contributed by atoms with E-state index in [-0.39, 0.29) is 6.04 Å². The largest absolute Gasteiger partial charge is 0.346 e. The molecule has 3 N–H and O–H groups in total. The minimum absolute atomic E-state index is 0.0800. The van der Waals surface area contributed by atoms with Crippen molar-refractivity contribution < 1.29 is 9.46 Å². The van der Waals surface area contributed by atoms with Crippen LogP contribution in [0.2, 0.25) is 5.02 Å². The van der Waals surface area contributed by atoms with E-state index in [9.17, 15) is 4.57 Å². The number of rotatable bonds is 5. The molecule has 0 amide bonds. The molecular formula is C10H15ClNO2P. The third-order valence-corrected chi connectivity index (χ3v) is 3.24. The molecule has 1 aromatic rings. The molecule has 0 saturated heterocycles. The fraction of sp³-hybridized carbons (Fsp3) is 0.400. The Labute approximate surface area is 95.1 Å². The van der Waals surface area contributed by atoms with Gasteiger partial charge in [0.05, 0.1) is 0 Å². The van der Waals surface area contributed by atoms with Crippen molar-refractivity contribution in [1.82, 2.24) is 0 Å². The Morgan fingerprint density at radius 1 is 1.40 bits per heavy atom. The van der Waals surface area contributed by atoms with Crippen molar-refractivity contribution >= 4 is 19.6 Å². The maximum absolute atomic E-state index is 10.5. The maximum Gasteiger partial charge on any atom is 0.189 e. The van der Waals surface area contributed by atoms with Crippen molar-refractivity contribution in [2.45, 2.75) is 18.9 Å². The van der Waals surface area contributed by atoms with E-state index >= 15 is 0 Å². The van der Waals surface area contributed by atoms with Crippen LogP contribution in [0.3, 0.4) is 0 Å². The zero-order chi connectivity index (χ0) is 11.3. The van der Waals surface area contributed by atoms with E-state index < -0.39 is 8.03 Å². The summed E-state index contributed by atoms with van der Waals surface area (Å²) < 4.78 is 10.5. The summed E-state index contributed by atoms with van der Waals surface area (Å²) in [5.41, 5.74) is 6.93. The third-order valence-electron chi connectivity index (χ3n) is 2.20. The maximum atomic E-state index is 10.5. The lowest BCUT2D eigenvalue weighted by atomic mass is 10.0. The zero-order valence-electron chi connectivity index (χ0n) is 8.32. The van der Waals surface area contributed by atoms with E-state index in [1.807, 2.05) is 12.1 Å². The Morgan fingerprint density at radius 2 is 2.00 bits per heavy atom. The minimum atomic E-state index is -2.34. The van der Waals surface area contributed by atoms with Crippen LogP contribution in [0.1, 0.15) is 24.4 Å². The van der Waals surface area contributed by atoms with Crippen LogP contribution >= 0.6 is 19.6 Å². The monoisotopic (exact) mass is 247 g/mol. The third kappa shape index (κ3) is 4.80. The van der Waals surface area contributed by atoms with Gasteiger partial charge < -0.3 is 10.6 Å². The summed E-state index contributed by atoms with van der Waals surface area (Å²) in [6.45, 7) is 0. The second kappa shape index (κ2) is 6.29. The van der Waals surface area contributed by atoms with Crippen LogP contribution in [0.5, 0.6) is 0 Å². The van der Waals surface area contributed by atoms with Gasteiger partial charge >= 0.3 is 0 Å². The van der Waals surface area contributed by atoms with Crippen LogP contribution in [0, 0.1) is 0 Å². The number of nitrogens with two attached hydrogens (primary N) is 1. The van der Waals surface area contributed by atoms with E-state index in [0.717, 1.165) is 12.0 Å². The summed E-state index contributed by atoms with van der Waals surface area (Å²) in [4.78, 5) is 8.66. The molecule has 1 aromatic carbocycles. The van der Waals surface area contributed by atoms with E-state index in [2.05, 4.69) is 0 Å². The Kier molecular flexibility index (Phi) is 5.34. The molecule has 15 heavy (non-hydrogen) atoms. The molecule has 0 spiro atoms. The summed E-state index contributed by atoms with van der Waals surface area (Å²) in [6.07, 6.45) is 1.75. The predicted molar refractivity (Wildman–Crippen MR) is 63.7 cm³/mol. The SMILES string of the molecule is NC(CCC[PH](=O)O)c1ccc(Cl)cc1. The van der Waals surface area contributed by atoms with Crippen molar-refractivity contribution in [3.05, 3.63) is 34.9 Å². The minimum Gasteiger partial charge on any atom is -0.346 e. The van der Waals surface area contributed by atoms with Crippen LogP contribution in [0.25, 0.3) is 0 Å². The van der Waals surface area contributed by atoms with E-state index in [1.165, 1.54) is 0 Å². The molecule has 2 unspecified atom stereocenters. The normalized spacial score (nSPS) is 14.9. The Bertz CT molecular complexity index is 329. The fourth-order valence-electron chi connectivity index (χ4n) is 1.35. The lowest BCUT2D eigenvalue weighted by molar-refractivity contribution is 0.498. The first kappa shape index (κ1) is 12.7. The molecule has 0 aliphatic heterocycles. The summed E-state index contributed by atoms with van der Waals surface area (Å²) in [6, 6.07) is 7.28. The van der Waals surface area contributed by atoms with Crippen molar-refractivity contribution in [3.63, 3.8) is 0 Å². The molecule has 0 saturated carbocycles. The number of hydrogen-bond acceptors (Lipinski definition) is 2. The van der Waals surface area contributed by atoms with Crippen LogP contribution < -0.4 is 5.73 Å². The summed E-state index contributed by atoms with van der Waals surface area (Å²) in [5, 5.41) is 0.686. The predicted octanol–water partition coefficient (Wildman–Crippen LogP) is 2.59. The molecule has 0 heterocycles. The van der Waals surface area contributed by atoms with Crippen molar-refractivity contribution in [1.29, 1.82) is 0 Å². The van der Waals surface area contributed by atoms with Gasteiger partial charge in [0.15, 0.2) is 8.03 Å². The average molecular weight is 248 g/mol. The smallest absolute Gasteiger partial charge is 0.189 e. The highest BCUT2D eigenvalue weighted by molar-refractivity contribution is 7.37. The molecular weight excluding hydrogens is 233 g/mol. The number of benzene rings is 1. The molecule has 84 valence electrons.